The fourth-order valence-electron chi connectivity index (χ4n) is 9.19. The average molecular weight is 919 g/mol. The van der Waals surface area contributed by atoms with E-state index in [1.54, 1.807) is 6.92 Å². The fourth-order valence-corrected chi connectivity index (χ4v) is 9.31. The topological polar surface area (TPSA) is 247 Å². The van der Waals surface area contributed by atoms with Crippen molar-refractivity contribution in [2.45, 2.75) is 93.7 Å². The molecule has 4 aromatic rings. The van der Waals surface area contributed by atoms with Crippen molar-refractivity contribution in [3.63, 3.8) is 0 Å². The number of likely N-dealkylation sites (tertiary alicyclic amines) is 1. The van der Waals surface area contributed by atoms with E-state index in [2.05, 4.69) is 4.90 Å². The van der Waals surface area contributed by atoms with Crippen molar-refractivity contribution in [3.8, 4) is 17.2 Å². The Morgan fingerprint density at radius 1 is 0.954 bits per heavy atom. The molecular weight excluding hydrogens is 867 g/mol. The molecule has 0 amide bonds. The molecule has 4 aliphatic rings. The number of rotatable bonds is 11. The van der Waals surface area contributed by atoms with Crippen LogP contribution < -0.4 is 10.5 Å². The first-order chi connectivity index (χ1) is 30.9. The van der Waals surface area contributed by atoms with Crippen LogP contribution in [-0.2, 0) is 26.3 Å². The van der Waals surface area contributed by atoms with E-state index < -0.39 is 101 Å². The summed E-state index contributed by atoms with van der Waals surface area (Å²) in [5, 5.41) is 65.2. The number of carbonyl (C=O) groups is 4. The van der Waals surface area contributed by atoms with Crippen molar-refractivity contribution < 1.29 is 68.4 Å². The summed E-state index contributed by atoms with van der Waals surface area (Å²) in [5.41, 5.74) is 3.04. The molecule has 2 aliphatic heterocycles. The predicted molar refractivity (Wildman–Crippen MR) is 233 cm³/mol. The van der Waals surface area contributed by atoms with Crippen LogP contribution in [-0.4, -0.2) is 122 Å². The van der Waals surface area contributed by atoms with Crippen LogP contribution in [0.5, 0.6) is 17.2 Å². The van der Waals surface area contributed by atoms with Crippen LogP contribution in [0, 0.1) is 5.82 Å². The van der Waals surface area contributed by atoms with Crippen molar-refractivity contribution in [1.82, 2.24) is 4.90 Å². The van der Waals surface area contributed by atoms with Gasteiger partial charge in [-0.2, -0.15) is 0 Å². The van der Waals surface area contributed by atoms with Crippen LogP contribution in [0.25, 0.3) is 0 Å². The lowest BCUT2D eigenvalue weighted by molar-refractivity contribution is -0.247. The summed E-state index contributed by atoms with van der Waals surface area (Å²) >= 11 is 5.92. The largest absolute Gasteiger partial charge is 0.507 e. The molecule has 65 heavy (non-hydrogen) atoms. The summed E-state index contributed by atoms with van der Waals surface area (Å²) in [6.07, 6.45) is -2.58. The van der Waals surface area contributed by atoms with Gasteiger partial charge in [-0.15, -0.1) is 0 Å². The molecule has 0 unspecified atom stereocenters. The second-order valence-corrected chi connectivity index (χ2v) is 17.5. The number of aliphatic hydroxyl groups is 4. The number of ether oxygens (including phenoxy) is 3. The van der Waals surface area contributed by atoms with Gasteiger partial charge in [0, 0.05) is 72.1 Å². The minimum atomic E-state index is -2.24. The van der Waals surface area contributed by atoms with Crippen LogP contribution in [0.3, 0.4) is 0 Å². The van der Waals surface area contributed by atoms with Gasteiger partial charge in [-0.05, 0) is 80.8 Å². The second kappa shape index (κ2) is 19.4. The lowest BCUT2D eigenvalue weighted by atomic mass is 9.72. The lowest BCUT2D eigenvalue weighted by Crippen LogP contribution is -2.53. The number of fused-ring (bicyclic) bond motifs is 3. The van der Waals surface area contributed by atoms with E-state index in [1.807, 2.05) is 24.3 Å². The molecule has 2 aliphatic carbocycles. The summed E-state index contributed by atoms with van der Waals surface area (Å²) in [5.74, 6) is -4.06. The third kappa shape index (κ3) is 9.59. The zero-order chi connectivity index (χ0) is 47.0. The first kappa shape index (κ1) is 47.8. The van der Waals surface area contributed by atoms with Gasteiger partial charge in [0.15, 0.2) is 23.6 Å². The van der Waals surface area contributed by atoms with E-state index in [0.29, 0.717) is 29.8 Å². The Morgan fingerprint density at radius 2 is 1.62 bits per heavy atom. The summed E-state index contributed by atoms with van der Waals surface area (Å²) in [4.78, 5) is 54.1. The van der Waals surface area contributed by atoms with Crippen LogP contribution in [0.2, 0.25) is 5.02 Å². The van der Waals surface area contributed by atoms with Gasteiger partial charge in [-0.3, -0.25) is 19.2 Å². The molecule has 346 valence electrons. The number of piperidine rings is 1. The molecule has 15 nitrogen and oxygen atoms in total. The molecule has 2 saturated heterocycles. The number of methoxy groups -OCH3 is 1. The summed E-state index contributed by atoms with van der Waals surface area (Å²) < 4.78 is 29.9. The molecule has 4 aromatic carbocycles. The standard InChI is InChI=1S/C27H29NO11.C21H23ClFNO2/c1-10-22(31)13(28)6-17(38-10)39-15-8-27(36,16(30)9-29)7-12-19(15)26(35)21-20(24(12)33)23(32)11-4-3-5-14(37-2)18(11)25(21)34;22-18-7-5-17(6-8-18)21(26)11-14-24(15-12-21)13-1-2-20(25)16-3-9-19(23)10-4-16/h3-5,10,13,15,17,22,29,31,33,35-36H,6-9,28H2,1-2H3;3-10,26H,1-2,11-15H2/t10-,13-,15-,17-,22+,27-;/m0./s1. The highest BCUT2D eigenvalue weighted by molar-refractivity contribution is 6.31. The van der Waals surface area contributed by atoms with E-state index >= 15 is 0 Å². The normalized spacial score (nSPS) is 24.8. The number of phenols is 2. The number of nitrogens with zero attached hydrogens (tertiary/aromatic N) is 1. The Balaban J connectivity index is 0.000000210. The van der Waals surface area contributed by atoms with Crippen molar-refractivity contribution in [3.05, 3.63) is 122 Å². The number of hydrogen-bond donors (Lipinski definition) is 7. The van der Waals surface area contributed by atoms with Crippen LogP contribution in [0.4, 0.5) is 4.39 Å². The van der Waals surface area contributed by atoms with E-state index in [1.165, 1.54) is 49.6 Å². The van der Waals surface area contributed by atoms with Gasteiger partial charge < -0.3 is 55.5 Å². The van der Waals surface area contributed by atoms with E-state index in [-0.39, 0.29) is 46.0 Å². The molecule has 6 atom stereocenters. The Labute approximate surface area is 379 Å². The summed E-state index contributed by atoms with van der Waals surface area (Å²) in [6.45, 7) is 2.97. The fraction of sp³-hybridized carbons (Fsp3) is 0.417. The predicted octanol–water partition coefficient (Wildman–Crippen LogP) is 4.43. The maximum atomic E-state index is 13.6. The van der Waals surface area contributed by atoms with Crippen molar-refractivity contribution >= 4 is 34.7 Å². The van der Waals surface area contributed by atoms with E-state index in [4.69, 9.17) is 31.5 Å². The number of hydrogen-bond acceptors (Lipinski definition) is 15. The Bertz CT molecular complexity index is 2450. The third-order valence-electron chi connectivity index (χ3n) is 12.9. The maximum absolute atomic E-state index is 13.6. The van der Waals surface area contributed by atoms with Gasteiger partial charge in [-0.1, -0.05) is 35.9 Å². The molecule has 2 fully saturated rings. The number of aromatic hydroxyl groups is 2. The number of Topliss-reactive ketones (excluding diaryl/α,β-unsaturated/α-hetero) is 2. The number of halogens is 2. The van der Waals surface area contributed by atoms with E-state index in [9.17, 15) is 54.2 Å². The second-order valence-electron chi connectivity index (χ2n) is 17.1. The monoisotopic (exact) mass is 918 g/mol. The molecule has 0 radical (unpaired) electrons. The van der Waals surface area contributed by atoms with Crippen LogP contribution >= 0.6 is 11.6 Å². The molecule has 2 heterocycles. The number of aliphatic hydroxyl groups excluding tert-OH is 2. The van der Waals surface area contributed by atoms with Gasteiger partial charge in [0.25, 0.3) is 0 Å². The van der Waals surface area contributed by atoms with Crippen molar-refractivity contribution in [2.75, 3.05) is 33.4 Å². The summed E-state index contributed by atoms with van der Waals surface area (Å²) in [6, 6.07) is 16.7. The Morgan fingerprint density at radius 3 is 2.25 bits per heavy atom. The average Bonchev–Trinajstić information content (AvgIpc) is 3.29. The number of carbonyl (C=O) groups excluding carboxylic acids is 4. The summed E-state index contributed by atoms with van der Waals surface area (Å²) in [7, 11) is 1.32. The quantitative estimate of drug-likeness (QED) is 0.0716. The first-order valence-electron chi connectivity index (χ1n) is 21.4. The number of ketones is 4. The first-order valence-corrected chi connectivity index (χ1v) is 21.7. The zero-order valence-electron chi connectivity index (χ0n) is 35.8. The number of nitrogens with two attached hydrogens (primary N) is 1. The molecule has 8 N–H and O–H groups in total. The highest BCUT2D eigenvalue weighted by Gasteiger charge is 2.50. The van der Waals surface area contributed by atoms with Crippen molar-refractivity contribution in [1.29, 1.82) is 0 Å². The molecule has 0 spiro atoms. The highest BCUT2D eigenvalue weighted by Crippen LogP contribution is 2.52. The minimum absolute atomic E-state index is 0.0173. The highest BCUT2D eigenvalue weighted by atomic mass is 35.5. The smallest absolute Gasteiger partial charge is 0.202 e. The number of phenolic OH excluding ortho intramolecular Hbond substituents is 2. The maximum Gasteiger partial charge on any atom is 0.202 e. The van der Waals surface area contributed by atoms with Crippen LogP contribution in [0.15, 0.2) is 66.7 Å². The molecule has 0 bridgehead atoms. The van der Waals surface area contributed by atoms with Gasteiger partial charge >= 0.3 is 0 Å². The van der Waals surface area contributed by atoms with E-state index in [0.717, 1.165) is 31.6 Å². The third-order valence-corrected chi connectivity index (χ3v) is 13.2. The Hall–Kier alpha value is -5.14. The van der Waals surface area contributed by atoms with Gasteiger partial charge in [0.1, 0.15) is 35.3 Å². The molecule has 0 aromatic heterocycles. The SMILES string of the molecule is COc1cccc2c1C(=O)c1c(O)c3c(c(O)c1C2=O)C[C@@](O)(C(=O)CO)C[C@@H]3O[C@H]1C[C@H](N)[C@H](O)[C@H](C)O1.O=C(CCCN1CCC(O)(c2ccc(Cl)cc2)CC1)c1ccc(F)cc1. The van der Waals surface area contributed by atoms with Crippen molar-refractivity contribution in [2.24, 2.45) is 5.73 Å². The molecular formula is C48H52ClFN2O13. The number of benzene rings is 4. The minimum Gasteiger partial charge on any atom is -0.507 e. The van der Waals surface area contributed by atoms with Gasteiger partial charge in [0.2, 0.25) is 5.78 Å². The molecule has 0 saturated carbocycles. The Kier molecular flexibility index (Phi) is 14.2. The molecule has 8 rings (SSSR count). The zero-order valence-corrected chi connectivity index (χ0v) is 36.6. The lowest BCUT2D eigenvalue weighted by Gasteiger charge is -2.42. The van der Waals surface area contributed by atoms with Crippen LogP contribution in [0.1, 0.15) is 110 Å². The molecule has 17 heteroatoms. The van der Waals surface area contributed by atoms with Gasteiger partial charge in [0.05, 0.1) is 47.7 Å². The van der Waals surface area contributed by atoms with Gasteiger partial charge in [-0.25, -0.2) is 4.39 Å².